The van der Waals surface area contributed by atoms with E-state index in [-0.39, 0.29) is 0 Å². The van der Waals surface area contributed by atoms with E-state index < -0.39 is 0 Å². The Balaban J connectivity index is 2.67. The molecule has 1 aromatic rings. The zero-order chi connectivity index (χ0) is 12.7. The fraction of sp³-hybridized carbons (Fsp3) is 0.429. The van der Waals surface area contributed by atoms with E-state index in [1.165, 1.54) is 0 Å². The van der Waals surface area contributed by atoms with Crippen LogP contribution in [0, 0.1) is 0 Å². The van der Waals surface area contributed by atoms with Crippen LogP contribution in [0.25, 0.3) is 0 Å². The van der Waals surface area contributed by atoms with Gasteiger partial charge in [0.2, 0.25) is 0 Å². The molecule has 17 heavy (non-hydrogen) atoms. The number of nitrogens with two attached hydrogens (primary N) is 1. The average Bonchev–Trinajstić information content (AvgIpc) is 2.30. The van der Waals surface area contributed by atoms with Crippen molar-refractivity contribution < 1.29 is 9.47 Å². The van der Waals surface area contributed by atoms with Gasteiger partial charge in [-0.15, -0.1) is 6.58 Å². The highest BCUT2D eigenvalue weighted by Gasteiger charge is 2.05. The maximum Gasteiger partial charge on any atom is 0.161 e. The largest absolute Gasteiger partial charge is 0.493 e. The second kappa shape index (κ2) is 6.97. The average molecular weight is 235 g/mol. The first-order valence-electron chi connectivity index (χ1n) is 5.81. The monoisotopic (exact) mass is 235 g/mol. The van der Waals surface area contributed by atoms with Gasteiger partial charge in [-0.1, -0.05) is 11.6 Å². The SMILES string of the molecule is C=C(C)CCOc1ccc(CCN)cc1OC. The van der Waals surface area contributed by atoms with Gasteiger partial charge in [-0.3, -0.25) is 0 Å². The number of ether oxygens (including phenoxy) is 2. The fourth-order valence-corrected chi connectivity index (χ4v) is 1.49. The van der Waals surface area contributed by atoms with E-state index in [2.05, 4.69) is 6.58 Å². The van der Waals surface area contributed by atoms with Gasteiger partial charge in [0.15, 0.2) is 11.5 Å². The van der Waals surface area contributed by atoms with E-state index in [0.29, 0.717) is 13.2 Å². The van der Waals surface area contributed by atoms with Crippen molar-refractivity contribution in [2.45, 2.75) is 19.8 Å². The molecule has 0 saturated heterocycles. The minimum absolute atomic E-state index is 0.627. The quantitative estimate of drug-likeness (QED) is 0.739. The van der Waals surface area contributed by atoms with Crippen LogP contribution in [-0.2, 0) is 6.42 Å². The highest BCUT2D eigenvalue weighted by molar-refractivity contribution is 5.43. The summed E-state index contributed by atoms with van der Waals surface area (Å²) in [5, 5.41) is 0. The first-order chi connectivity index (χ1) is 8.17. The summed E-state index contributed by atoms with van der Waals surface area (Å²) in [5.41, 5.74) is 7.80. The molecule has 3 nitrogen and oxygen atoms in total. The molecule has 1 aromatic carbocycles. The lowest BCUT2D eigenvalue weighted by Crippen LogP contribution is -2.04. The number of rotatable bonds is 7. The van der Waals surface area contributed by atoms with E-state index in [4.69, 9.17) is 15.2 Å². The third-order valence-corrected chi connectivity index (χ3v) is 2.45. The molecule has 0 aliphatic carbocycles. The van der Waals surface area contributed by atoms with E-state index in [9.17, 15) is 0 Å². The van der Waals surface area contributed by atoms with E-state index in [1.54, 1.807) is 7.11 Å². The summed E-state index contributed by atoms with van der Waals surface area (Å²) in [5.74, 6) is 1.53. The summed E-state index contributed by atoms with van der Waals surface area (Å²) in [6.45, 7) is 7.10. The van der Waals surface area contributed by atoms with Crippen LogP contribution >= 0.6 is 0 Å². The normalized spacial score (nSPS) is 10.1. The number of hydrogen-bond donors (Lipinski definition) is 1. The van der Waals surface area contributed by atoms with Gasteiger partial charge in [-0.25, -0.2) is 0 Å². The molecule has 0 saturated carbocycles. The van der Waals surface area contributed by atoms with Crippen LogP contribution < -0.4 is 15.2 Å². The van der Waals surface area contributed by atoms with Crippen LogP contribution in [0.3, 0.4) is 0 Å². The smallest absolute Gasteiger partial charge is 0.161 e. The van der Waals surface area contributed by atoms with Gasteiger partial charge in [-0.2, -0.15) is 0 Å². The first kappa shape index (κ1) is 13.6. The van der Waals surface area contributed by atoms with Crippen molar-refractivity contribution in [3.05, 3.63) is 35.9 Å². The van der Waals surface area contributed by atoms with Crippen molar-refractivity contribution >= 4 is 0 Å². The van der Waals surface area contributed by atoms with E-state index in [0.717, 1.165) is 35.5 Å². The number of benzene rings is 1. The Labute approximate surface area is 103 Å². The fourth-order valence-electron chi connectivity index (χ4n) is 1.49. The Morgan fingerprint density at radius 2 is 2.12 bits per heavy atom. The lowest BCUT2D eigenvalue weighted by atomic mass is 10.1. The Bertz CT molecular complexity index is 374. The van der Waals surface area contributed by atoms with Crippen molar-refractivity contribution in [1.82, 2.24) is 0 Å². The third kappa shape index (κ3) is 4.49. The summed E-state index contributed by atoms with van der Waals surface area (Å²) >= 11 is 0. The molecular formula is C14H21NO2. The number of methoxy groups -OCH3 is 1. The Morgan fingerprint density at radius 1 is 1.35 bits per heavy atom. The Morgan fingerprint density at radius 3 is 2.71 bits per heavy atom. The summed E-state index contributed by atoms with van der Waals surface area (Å²) in [6.07, 6.45) is 1.70. The zero-order valence-electron chi connectivity index (χ0n) is 10.7. The second-order valence-corrected chi connectivity index (χ2v) is 4.08. The molecule has 0 atom stereocenters. The molecule has 2 N–H and O–H groups in total. The topological polar surface area (TPSA) is 44.5 Å². The Hall–Kier alpha value is -1.48. The molecule has 0 spiro atoms. The summed E-state index contributed by atoms with van der Waals surface area (Å²) in [7, 11) is 1.65. The predicted molar refractivity (Wildman–Crippen MR) is 70.7 cm³/mol. The van der Waals surface area contributed by atoms with Gasteiger partial charge in [-0.05, 0) is 37.6 Å². The molecule has 0 bridgehead atoms. The summed E-state index contributed by atoms with van der Waals surface area (Å²) in [6, 6.07) is 5.93. The lowest BCUT2D eigenvalue weighted by Gasteiger charge is -2.12. The number of hydrogen-bond acceptors (Lipinski definition) is 3. The van der Waals surface area contributed by atoms with Crippen molar-refractivity contribution in [2.75, 3.05) is 20.3 Å². The molecule has 0 heterocycles. The second-order valence-electron chi connectivity index (χ2n) is 4.08. The van der Waals surface area contributed by atoms with Gasteiger partial charge in [0.25, 0.3) is 0 Å². The molecular weight excluding hydrogens is 214 g/mol. The minimum atomic E-state index is 0.627. The van der Waals surface area contributed by atoms with Crippen LogP contribution in [0.4, 0.5) is 0 Å². The summed E-state index contributed by atoms with van der Waals surface area (Å²) < 4.78 is 11.0. The van der Waals surface area contributed by atoms with Gasteiger partial charge < -0.3 is 15.2 Å². The Kier molecular flexibility index (Phi) is 5.57. The van der Waals surface area contributed by atoms with Gasteiger partial charge in [0, 0.05) is 6.42 Å². The highest BCUT2D eigenvalue weighted by Crippen LogP contribution is 2.28. The maximum absolute atomic E-state index is 5.65. The highest BCUT2D eigenvalue weighted by atomic mass is 16.5. The third-order valence-electron chi connectivity index (χ3n) is 2.45. The van der Waals surface area contributed by atoms with Crippen molar-refractivity contribution in [2.24, 2.45) is 5.73 Å². The summed E-state index contributed by atoms with van der Waals surface area (Å²) in [4.78, 5) is 0. The molecule has 1 rings (SSSR count). The van der Waals surface area contributed by atoms with E-state index in [1.807, 2.05) is 25.1 Å². The van der Waals surface area contributed by atoms with Crippen LogP contribution in [0.1, 0.15) is 18.9 Å². The van der Waals surface area contributed by atoms with Gasteiger partial charge >= 0.3 is 0 Å². The molecule has 0 unspecified atom stereocenters. The zero-order valence-corrected chi connectivity index (χ0v) is 10.7. The molecule has 0 amide bonds. The molecule has 0 aliphatic rings. The maximum atomic E-state index is 5.65. The molecule has 3 heteroatoms. The van der Waals surface area contributed by atoms with Crippen molar-refractivity contribution in [3.8, 4) is 11.5 Å². The first-order valence-corrected chi connectivity index (χ1v) is 5.81. The molecule has 0 aliphatic heterocycles. The molecule has 0 fully saturated rings. The van der Waals surface area contributed by atoms with Crippen molar-refractivity contribution in [3.63, 3.8) is 0 Å². The van der Waals surface area contributed by atoms with Crippen LogP contribution in [0.5, 0.6) is 11.5 Å². The van der Waals surface area contributed by atoms with Crippen LogP contribution in [0.2, 0.25) is 0 Å². The minimum Gasteiger partial charge on any atom is -0.493 e. The molecule has 0 aromatic heterocycles. The van der Waals surface area contributed by atoms with E-state index >= 15 is 0 Å². The van der Waals surface area contributed by atoms with Crippen LogP contribution in [0.15, 0.2) is 30.4 Å². The standard InChI is InChI=1S/C14H21NO2/c1-11(2)7-9-17-13-5-4-12(6-8-15)10-14(13)16-3/h4-5,10H,1,6-9,15H2,2-3H3. The lowest BCUT2D eigenvalue weighted by molar-refractivity contribution is 0.297. The molecule has 94 valence electrons. The predicted octanol–water partition coefficient (Wildman–Crippen LogP) is 2.54. The van der Waals surface area contributed by atoms with Crippen molar-refractivity contribution in [1.29, 1.82) is 0 Å². The van der Waals surface area contributed by atoms with Gasteiger partial charge in [0.05, 0.1) is 13.7 Å². The van der Waals surface area contributed by atoms with Crippen LogP contribution in [-0.4, -0.2) is 20.3 Å². The van der Waals surface area contributed by atoms with Gasteiger partial charge in [0.1, 0.15) is 0 Å². The molecule has 0 radical (unpaired) electrons.